The highest BCUT2D eigenvalue weighted by Gasteiger charge is 2.27. The Bertz CT molecular complexity index is 1400. The van der Waals surface area contributed by atoms with Crippen molar-refractivity contribution in [3.63, 3.8) is 0 Å². The summed E-state index contributed by atoms with van der Waals surface area (Å²) in [5.41, 5.74) is 2.30. The number of esters is 1. The number of amides is 1. The average Bonchev–Trinajstić information content (AvgIpc) is 3.33. The van der Waals surface area contributed by atoms with Crippen LogP contribution in [0.25, 0.3) is 16.9 Å². The van der Waals surface area contributed by atoms with Crippen molar-refractivity contribution in [1.82, 2.24) is 29.9 Å². The molecule has 0 radical (unpaired) electrons. The van der Waals surface area contributed by atoms with Gasteiger partial charge in [0.15, 0.2) is 17.0 Å². The SMILES string of the molecule is COc1cccc(-n2nnc3c(N4CCN(C(=O)c5ccccc5OC(C)=O)CC4)ncnc32)c1. The van der Waals surface area contributed by atoms with E-state index >= 15 is 0 Å². The van der Waals surface area contributed by atoms with Crippen molar-refractivity contribution in [3.05, 3.63) is 60.4 Å². The summed E-state index contributed by atoms with van der Waals surface area (Å²) in [6, 6.07) is 14.2. The number of fused-ring (bicyclic) bond motifs is 1. The monoisotopic (exact) mass is 473 g/mol. The second-order valence-corrected chi connectivity index (χ2v) is 7.94. The van der Waals surface area contributed by atoms with E-state index in [4.69, 9.17) is 9.47 Å². The van der Waals surface area contributed by atoms with Gasteiger partial charge in [-0.25, -0.2) is 9.97 Å². The van der Waals surface area contributed by atoms with Gasteiger partial charge in [0.25, 0.3) is 5.91 Å². The van der Waals surface area contributed by atoms with Crippen molar-refractivity contribution in [1.29, 1.82) is 0 Å². The number of rotatable bonds is 5. The number of para-hydroxylation sites is 1. The maximum absolute atomic E-state index is 13.1. The number of hydrogen-bond donors (Lipinski definition) is 0. The zero-order chi connectivity index (χ0) is 24.4. The lowest BCUT2D eigenvalue weighted by Gasteiger charge is -2.35. The zero-order valence-corrected chi connectivity index (χ0v) is 19.3. The lowest BCUT2D eigenvalue weighted by Crippen LogP contribution is -2.49. The van der Waals surface area contributed by atoms with Crippen LogP contribution in [0.4, 0.5) is 5.82 Å². The van der Waals surface area contributed by atoms with E-state index in [0.29, 0.717) is 54.5 Å². The van der Waals surface area contributed by atoms with E-state index in [1.54, 1.807) is 41.0 Å². The maximum atomic E-state index is 13.1. The van der Waals surface area contributed by atoms with Gasteiger partial charge in [0.05, 0.1) is 18.4 Å². The Morgan fingerprint density at radius 3 is 2.54 bits per heavy atom. The van der Waals surface area contributed by atoms with Gasteiger partial charge in [-0.3, -0.25) is 9.59 Å². The minimum Gasteiger partial charge on any atom is -0.497 e. The predicted octanol–water partition coefficient (Wildman–Crippen LogP) is 2.11. The third kappa shape index (κ3) is 4.35. The van der Waals surface area contributed by atoms with Crippen LogP contribution in [-0.4, -0.2) is 75.0 Å². The molecule has 11 nitrogen and oxygen atoms in total. The number of aromatic nitrogens is 5. The molecule has 0 aliphatic carbocycles. The molecule has 5 rings (SSSR count). The molecule has 3 heterocycles. The topological polar surface area (TPSA) is 116 Å². The van der Waals surface area contributed by atoms with Crippen molar-refractivity contribution in [2.75, 3.05) is 38.2 Å². The Balaban J connectivity index is 1.35. The Kier molecular flexibility index (Phi) is 5.96. The standard InChI is InChI=1S/C24H23N7O4/c1-16(32)35-20-9-4-3-8-19(20)24(33)30-12-10-29(11-13-30)22-21-23(26-15-25-22)31(28-27-21)17-6-5-7-18(14-17)34-2/h3-9,14-15H,10-13H2,1-2H3. The van der Waals surface area contributed by atoms with Crippen LogP contribution < -0.4 is 14.4 Å². The van der Waals surface area contributed by atoms with Crippen LogP contribution in [0.3, 0.4) is 0 Å². The second-order valence-electron chi connectivity index (χ2n) is 7.94. The minimum atomic E-state index is -0.468. The second kappa shape index (κ2) is 9.37. The molecule has 1 saturated heterocycles. The van der Waals surface area contributed by atoms with Gasteiger partial charge in [-0.05, 0) is 24.3 Å². The number of carbonyl (C=O) groups excluding carboxylic acids is 2. The first-order valence-corrected chi connectivity index (χ1v) is 11.1. The Morgan fingerprint density at radius 1 is 0.971 bits per heavy atom. The number of methoxy groups -OCH3 is 1. The fraction of sp³-hybridized carbons (Fsp3) is 0.250. The van der Waals surface area contributed by atoms with E-state index < -0.39 is 5.97 Å². The van der Waals surface area contributed by atoms with E-state index in [0.717, 1.165) is 5.69 Å². The molecular formula is C24H23N7O4. The number of carbonyl (C=O) groups is 2. The zero-order valence-electron chi connectivity index (χ0n) is 19.3. The normalized spacial score (nSPS) is 13.7. The molecule has 11 heteroatoms. The highest BCUT2D eigenvalue weighted by molar-refractivity contribution is 5.97. The van der Waals surface area contributed by atoms with Crippen LogP contribution in [0.5, 0.6) is 11.5 Å². The minimum absolute atomic E-state index is 0.182. The molecule has 0 saturated carbocycles. The summed E-state index contributed by atoms with van der Waals surface area (Å²) in [7, 11) is 1.61. The molecule has 1 aliphatic rings. The lowest BCUT2D eigenvalue weighted by molar-refractivity contribution is -0.131. The molecule has 0 atom stereocenters. The summed E-state index contributed by atoms with van der Waals surface area (Å²) in [5, 5.41) is 8.63. The summed E-state index contributed by atoms with van der Waals surface area (Å²) < 4.78 is 12.2. The third-order valence-electron chi connectivity index (χ3n) is 5.75. The summed E-state index contributed by atoms with van der Waals surface area (Å²) in [4.78, 5) is 37.2. The number of ether oxygens (including phenoxy) is 2. The first-order valence-electron chi connectivity index (χ1n) is 11.1. The van der Waals surface area contributed by atoms with Gasteiger partial charge in [-0.2, -0.15) is 4.68 Å². The molecule has 0 bridgehead atoms. The van der Waals surface area contributed by atoms with E-state index in [-0.39, 0.29) is 11.7 Å². The van der Waals surface area contributed by atoms with Crippen molar-refractivity contribution in [3.8, 4) is 17.2 Å². The summed E-state index contributed by atoms with van der Waals surface area (Å²) in [5.74, 6) is 0.982. The summed E-state index contributed by atoms with van der Waals surface area (Å²) in [6.07, 6.45) is 1.49. The number of anilines is 1. The first kappa shape index (κ1) is 22.3. The van der Waals surface area contributed by atoms with E-state index in [1.807, 2.05) is 24.3 Å². The molecule has 2 aromatic heterocycles. The predicted molar refractivity (Wildman–Crippen MR) is 127 cm³/mol. The van der Waals surface area contributed by atoms with Crippen molar-refractivity contribution in [2.24, 2.45) is 0 Å². The summed E-state index contributed by atoms with van der Waals surface area (Å²) in [6.45, 7) is 3.37. The Hall–Kier alpha value is -4.54. The van der Waals surface area contributed by atoms with Gasteiger partial charge >= 0.3 is 5.97 Å². The lowest BCUT2D eigenvalue weighted by atomic mass is 10.1. The van der Waals surface area contributed by atoms with Crippen molar-refractivity contribution < 1.29 is 19.1 Å². The van der Waals surface area contributed by atoms with Gasteiger partial charge in [-0.1, -0.05) is 23.4 Å². The molecule has 1 aliphatic heterocycles. The molecule has 1 amide bonds. The average molecular weight is 473 g/mol. The van der Waals surface area contributed by atoms with Crippen LogP contribution in [-0.2, 0) is 4.79 Å². The molecule has 178 valence electrons. The number of nitrogens with zero attached hydrogens (tertiary/aromatic N) is 7. The summed E-state index contributed by atoms with van der Waals surface area (Å²) >= 11 is 0. The van der Waals surface area contributed by atoms with Gasteiger partial charge in [0.1, 0.15) is 17.8 Å². The van der Waals surface area contributed by atoms with E-state index in [1.165, 1.54) is 13.3 Å². The number of piperazine rings is 1. The van der Waals surface area contributed by atoms with Crippen LogP contribution in [0, 0.1) is 0 Å². The quantitative estimate of drug-likeness (QED) is 0.317. The van der Waals surface area contributed by atoms with E-state index in [9.17, 15) is 9.59 Å². The van der Waals surface area contributed by atoms with Gasteiger partial charge in [0.2, 0.25) is 0 Å². The highest BCUT2D eigenvalue weighted by Crippen LogP contribution is 2.26. The van der Waals surface area contributed by atoms with Crippen molar-refractivity contribution in [2.45, 2.75) is 6.92 Å². The number of benzene rings is 2. The van der Waals surface area contributed by atoms with Gasteiger partial charge < -0.3 is 19.3 Å². The smallest absolute Gasteiger partial charge is 0.308 e. The molecule has 4 aromatic rings. The van der Waals surface area contributed by atoms with Crippen molar-refractivity contribution >= 4 is 28.9 Å². The highest BCUT2D eigenvalue weighted by atomic mass is 16.5. The van der Waals surface area contributed by atoms with Gasteiger partial charge in [0, 0.05) is 39.2 Å². The number of hydrogen-bond acceptors (Lipinski definition) is 9. The Labute approximate surface area is 200 Å². The fourth-order valence-corrected chi connectivity index (χ4v) is 4.06. The van der Waals surface area contributed by atoms with Crippen LogP contribution in [0.2, 0.25) is 0 Å². The molecule has 35 heavy (non-hydrogen) atoms. The maximum Gasteiger partial charge on any atom is 0.308 e. The molecule has 1 fully saturated rings. The molecule has 0 N–H and O–H groups in total. The molecule has 0 spiro atoms. The molecule has 2 aromatic carbocycles. The first-order chi connectivity index (χ1) is 17.0. The van der Waals surface area contributed by atoms with Crippen LogP contribution in [0.1, 0.15) is 17.3 Å². The largest absolute Gasteiger partial charge is 0.497 e. The fourth-order valence-electron chi connectivity index (χ4n) is 4.06. The van der Waals surface area contributed by atoms with Crippen LogP contribution in [0.15, 0.2) is 54.9 Å². The third-order valence-corrected chi connectivity index (χ3v) is 5.75. The van der Waals surface area contributed by atoms with Gasteiger partial charge in [-0.15, -0.1) is 5.10 Å². The van der Waals surface area contributed by atoms with E-state index in [2.05, 4.69) is 25.2 Å². The molecule has 0 unspecified atom stereocenters. The molecular weight excluding hydrogens is 450 g/mol. The Morgan fingerprint density at radius 2 is 1.77 bits per heavy atom. The van der Waals surface area contributed by atoms with Crippen LogP contribution >= 0.6 is 0 Å².